The molecule has 74 valence electrons. The number of amides is 1. The van der Waals surface area contributed by atoms with Crippen molar-refractivity contribution < 1.29 is 19.4 Å². The minimum absolute atomic E-state index is 0.0881. The SMILES string of the molecule is CCC(=O)N1CO[C@H](C)[C@H]1C(=O)O. The van der Waals surface area contributed by atoms with E-state index in [4.69, 9.17) is 9.84 Å². The van der Waals surface area contributed by atoms with Crippen LogP contribution in [0.4, 0.5) is 0 Å². The number of aliphatic carboxylic acids is 1. The van der Waals surface area contributed by atoms with Crippen molar-refractivity contribution in [2.24, 2.45) is 0 Å². The number of rotatable bonds is 2. The van der Waals surface area contributed by atoms with Crippen molar-refractivity contribution in [3.05, 3.63) is 0 Å². The topological polar surface area (TPSA) is 66.8 Å². The summed E-state index contributed by atoms with van der Waals surface area (Å²) in [5.74, 6) is -1.19. The zero-order valence-electron chi connectivity index (χ0n) is 7.69. The van der Waals surface area contributed by atoms with E-state index in [0.717, 1.165) is 0 Å². The molecule has 1 aliphatic rings. The highest BCUT2D eigenvalue weighted by atomic mass is 16.5. The van der Waals surface area contributed by atoms with Gasteiger partial charge in [-0.05, 0) is 6.92 Å². The van der Waals surface area contributed by atoms with E-state index in [1.165, 1.54) is 4.90 Å². The van der Waals surface area contributed by atoms with Crippen molar-refractivity contribution in [2.45, 2.75) is 32.4 Å². The molecule has 1 amide bonds. The van der Waals surface area contributed by atoms with E-state index < -0.39 is 18.1 Å². The number of ether oxygens (including phenoxy) is 1. The van der Waals surface area contributed by atoms with Crippen molar-refractivity contribution >= 4 is 11.9 Å². The fourth-order valence-corrected chi connectivity index (χ4v) is 1.39. The highest BCUT2D eigenvalue weighted by molar-refractivity contribution is 5.84. The summed E-state index contributed by atoms with van der Waals surface area (Å²) in [6, 6.07) is -0.826. The van der Waals surface area contributed by atoms with Crippen LogP contribution in [0, 0.1) is 0 Å². The number of carboxylic acids is 1. The Bertz CT molecular complexity index is 228. The number of hydrogen-bond acceptors (Lipinski definition) is 3. The van der Waals surface area contributed by atoms with E-state index in [1.54, 1.807) is 13.8 Å². The van der Waals surface area contributed by atoms with E-state index in [2.05, 4.69) is 0 Å². The molecule has 1 fully saturated rings. The van der Waals surface area contributed by atoms with Gasteiger partial charge < -0.3 is 14.7 Å². The van der Waals surface area contributed by atoms with E-state index in [9.17, 15) is 9.59 Å². The molecule has 0 spiro atoms. The summed E-state index contributed by atoms with van der Waals surface area (Å²) in [6.45, 7) is 3.44. The fourth-order valence-electron chi connectivity index (χ4n) is 1.39. The minimum atomic E-state index is -1.01. The third-order valence-electron chi connectivity index (χ3n) is 2.13. The monoisotopic (exact) mass is 187 g/mol. The van der Waals surface area contributed by atoms with E-state index >= 15 is 0 Å². The molecule has 5 nitrogen and oxygen atoms in total. The van der Waals surface area contributed by atoms with E-state index in [1.807, 2.05) is 0 Å². The Kier molecular flexibility index (Phi) is 2.87. The summed E-state index contributed by atoms with van der Waals surface area (Å²) in [5, 5.41) is 8.82. The molecule has 0 radical (unpaired) electrons. The van der Waals surface area contributed by atoms with Crippen LogP contribution in [0.1, 0.15) is 20.3 Å². The van der Waals surface area contributed by atoms with Gasteiger partial charge in [0.15, 0.2) is 6.04 Å². The summed E-state index contributed by atoms with van der Waals surface area (Å²) in [5.41, 5.74) is 0. The van der Waals surface area contributed by atoms with Crippen LogP contribution >= 0.6 is 0 Å². The Labute approximate surface area is 76.3 Å². The van der Waals surface area contributed by atoms with Crippen LogP contribution in [0.15, 0.2) is 0 Å². The molecule has 0 aliphatic carbocycles. The fraction of sp³-hybridized carbons (Fsp3) is 0.750. The van der Waals surface area contributed by atoms with E-state index in [0.29, 0.717) is 6.42 Å². The first-order chi connectivity index (χ1) is 6.07. The quantitative estimate of drug-likeness (QED) is 0.663. The number of hydrogen-bond donors (Lipinski definition) is 1. The average molecular weight is 187 g/mol. The molecule has 2 atom stereocenters. The van der Waals surface area contributed by atoms with Gasteiger partial charge in [-0.1, -0.05) is 6.92 Å². The predicted octanol–water partition coefficient (Wildman–Crippen LogP) is 0.0544. The Balaban J connectivity index is 2.75. The first-order valence-corrected chi connectivity index (χ1v) is 4.21. The highest BCUT2D eigenvalue weighted by Crippen LogP contribution is 2.17. The molecule has 1 heterocycles. The van der Waals surface area contributed by atoms with Crippen LogP contribution in [0.25, 0.3) is 0 Å². The standard InChI is InChI=1S/C8H13NO4/c1-3-6(10)9-4-13-5(2)7(9)8(11)12/h5,7H,3-4H2,1-2H3,(H,11,12)/t5-,7+/m1/s1. The molecule has 5 heteroatoms. The summed E-state index contributed by atoms with van der Waals surface area (Å²) >= 11 is 0. The lowest BCUT2D eigenvalue weighted by Crippen LogP contribution is -2.44. The lowest BCUT2D eigenvalue weighted by Gasteiger charge is -2.19. The zero-order valence-corrected chi connectivity index (χ0v) is 7.69. The van der Waals surface area contributed by atoms with Gasteiger partial charge in [-0.2, -0.15) is 0 Å². The Morgan fingerprint density at radius 2 is 2.23 bits per heavy atom. The highest BCUT2D eigenvalue weighted by Gasteiger charge is 2.39. The van der Waals surface area contributed by atoms with Crippen LogP contribution in [0.5, 0.6) is 0 Å². The van der Waals surface area contributed by atoms with Crippen LogP contribution in [-0.4, -0.2) is 40.8 Å². The molecule has 0 aromatic heterocycles. The van der Waals surface area contributed by atoms with Crippen LogP contribution in [0.3, 0.4) is 0 Å². The third-order valence-corrected chi connectivity index (χ3v) is 2.13. The Hall–Kier alpha value is -1.10. The molecule has 1 saturated heterocycles. The lowest BCUT2D eigenvalue weighted by atomic mass is 10.1. The average Bonchev–Trinajstić information content (AvgIpc) is 2.45. The molecule has 0 aromatic carbocycles. The summed E-state index contributed by atoms with van der Waals surface area (Å²) in [7, 11) is 0. The first kappa shape index (κ1) is 9.98. The van der Waals surface area contributed by atoms with Crippen LogP contribution < -0.4 is 0 Å². The number of nitrogens with zero attached hydrogens (tertiary/aromatic N) is 1. The molecule has 1 N–H and O–H groups in total. The molecule has 1 rings (SSSR count). The zero-order chi connectivity index (χ0) is 10.0. The smallest absolute Gasteiger partial charge is 0.329 e. The lowest BCUT2D eigenvalue weighted by molar-refractivity contribution is -0.148. The van der Waals surface area contributed by atoms with Gasteiger partial charge in [-0.3, -0.25) is 4.79 Å². The van der Waals surface area contributed by atoms with Crippen molar-refractivity contribution in [1.82, 2.24) is 4.90 Å². The number of carbonyl (C=O) groups excluding carboxylic acids is 1. The maximum Gasteiger partial charge on any atom is 0.329 e. The molecule has 0 aromatic rings. The largest absolute Gasteiger partial charge is 0.480 e. The van der Waals surface area contributed by atoms with Gasteiger partial charge >= 0.3 is 5.97 Å². The first-order valence-electron chi connectivity index (χ1n) is 4.21. The molecule has 0 unspecified atom stereocenters. The van der Waals surface area contributed by atoms with Gasteiger partial charge in [-0.15, -0.1) is 0 Å². The minimum Gasteiger partial charge on any atom is -0.480 e. The predicted molar refractivity (Wildman–Crippen MR) is 44.0 cm³/mol. The molecule has 0 bridgehead atoms. The Morgan fingerprint density at radius 3 is 2.69 bits per heavy atom. The van der Waals surface area contributed by atoms with Gasteiger partial charge in [0.2, 0.25) is 5.91 Å². The maximum absolute atomic E-state index is 11.3. The third kappa shape index (κ3) is 1.80. The van der Waals surface area contributed by atoms with Crippen molar-refractivity contribution in [2.75, 3.05) is 6.73 Å². The molecular weight excluding hydrogens is 174 g/mol. The van der Waals surface area contributed by atoms with Crippen LogP contribution in [-0.2, 0) is 14.3 Å². The molecule has 1 aliphatic heterocycles. The summed E-state index contributed by atoms with van der Waals surface area (Å²) in [6.07, 6.45) is -0.118. The van der Waals surface area contributed by atoms with Crippen molar-refractivity contribution in [1.29, 1.82) is 0 Å². The second-order valence-electron chi connectivity index (χ2n) is 3.00. The number of carboxylic acid groups (broad SMARTS) is 1. The van der Waals surface area contributed by atoms with Gasteiger partial charge in [0.1, 0.15) is 6.73 Å². The van der Waals surface area contributed by atoms with Crippen LogP contribution in [0.2, 0.25) is 0 Å². The van der Waals surface area contributed by atoms with Gasteiger partial charge in [0.25, 0.3) is 0 Å². The Morgan fingerprint density at radius 1 is 1.62 bits per heavy atom. The second kappa shape index (κ2) is 3.74. The maximum atomic E-state index is 11.3. The molecular formula is C8H13NO4. The van der Waals surface area contributed by atoms with Gasteiger partial charge in [0.05, 0.1) is 6.10 Å². The van der Waals surface area contributed by atoms with E-state index in [-0.39, 0.29) is 12.6 Å². The van der Waals surface area contributed by atoms with Crippen molar-refractivity contribution in [3.63, 3.8) is 0 Å². The van der Waals surface area contributed by atoms with Gasteiger partial charge in [0, 0.05) is 6.42 Å². The number of carbonyl (C=O) groups is 2. The normalized spacial score (nSPS) is 27.7. The van der Waals surface area contributed by atoms with Gasteiger partial charge in [-0.25, -0.2) is 4.79 Å². The second-order valence-corrected chi connectivity index (χ2v) is 3.00. The summed E-state index contributed by atoms with van der Waals surface area (Å²) < 4.78 is 5.09. The summed E-state index contributed by atoms with van der Waals surface area (Å²) in [4.78, 5) is 23.3. The molecule has 13 heavy (non-hydrogen) atoms. The molecule has 0 saturated carbocycles. The van der Waals surface area contributed by atoms with Crippen molar-refractivity contribution in [3.8, 4) is 0 Å².